The molecule has 0 radical (unpaired) electrons. The molecule has 0 aromatic rings. The second kappa shape index (κ2) is 23.0. The van der Waals surface area contributed by atoms with Crippen molar-refractivity contribution in [2.45, 2.75) is 149 Å². The van der Waals surface area contributed by atoms with Crippen molar-refractivity contribution in [2.24, 2.45) is 11.7 Å². The third-order valence-electron chi connectivity index (χ3n) is 5.74. The highest BCUT2D eigenvalue weighted by molar-refractivity contribution is 4.52. The van der Waals surface area contributed by atoms with Gasteiger partial charge in [-0.1, -0.05) is 142 Å². The fourth-order valence-electron chi connectivity index (χ4n) is 3.88. The van der Waals surface area contributed by atoms with Crippen LogP contribution in [-0.2, 0) is 0 Å². The zero-order valence-corrected chi connectivity index (χ0v) is 18.7. The van der Waals surface area contributed by atoms with Gasteiger partial charge in [-0.05, 0) is 18.9 Å². The molecule has 0 fully saturated rings. The van der Waals surface area contributed by atoms with E-state index in [9.17, 15) is 0 Å². The van der Waals surface area contributed by atoms with Crippen LogP contribution in [0, 0.1) is 5.92 Å². The van der Waals surface area contributed by atoms with Gasteiger partial charge in [-0.2, -0.15) is 0 Å². The van der Waals surface area contributed by atoms with Gasteiger partial charge in [0.2, 0.25) is 0 Å². The van der Waals surface area contributed by atoms with Gasteiger partial charge in [-0.25, -0.2) is 0 Å². The molecule has 158 valence electrons. The Kier molecular flexibility index (Phi) is 23.0. The van der Waals surface area contributed by atoms with Crippen LogP contribution >= 0.6 is 0 Å². The highest BCUT2D eigenvalue weighted by Crippen LogP contribution is 2.15. The monoisotopic (exact) mass is 367 g/mol. The van der Waals surface area contributed by atoms with E-state index in [0.29, 0.717) is 0 Å². The predicted molar refractivity (Wildman–Crippen MR) is 121 cm³/mol. The van der Waals surface area contributed by atoms with Crippen molar-refractivity contribution in [1.82, 2.24) is 0 Å². The zero-order chi connectivity index (χ0) is 19.1. The Morgan fingerprint density at radius 3 is 0.846 bits per heavy atom. The van der Waals surface area contributed by atoms with E-state index in [-0.39, 0.29) is 0 Å². The van der Waals surface area contributed by atoms with Crippen molar-refractivity contribution in [1.29, 1.82) is 0 Å². The Labute approximate surface area is 167 Å². The molecule has 0 aliphatic heterocycles. The highest BCUT2D eigenvalue weighted by Gasteiger charge is 1.96. The molecule has 0 unspecified atom stereocenters. The average molecular weight is 368 g/mol. The maximum Gasteiger partial charge on any atom is -0.00773 e. The molecule has 0 aliphatic carbocycles. The van der Waals surface area contributed by atoms with Gasteiger partial charge in [0.1, 0.15) is 0 Å². The van der Waals surface area contributed by atoms with Crippen molar-refractivity contribution >= 4 is 0 Å². The Balaban J connectivity index is 2.97. The minimum Gasteiger partial charge on any atom is -0.330 e. The molecule has 0 bridgehead atoms. The molecule has 0 aliphatic rings. The zero-order valence-electron chi connectivity index (χ0n) is 18.7. The summed E-state index contributed by atoms with van der Waals surface area (Å²) in [6.07, 6.45) is 30.4. The van der Waals surface area contributed by atoms with E-state index in [1.54, 1.807) is 0 Å². The van der Waals surface area contributed by atoms with Gasteiger partial charge < -0.3 is 5.73 Å². The van der Waals surface area contributed by atoms with Gasteiger partial charge in [0.25, 0.3) is 0 Å². The van der Waals surface area contributed by atoms with Gasteiger partial charge in [-0.15, -0.1) is 0 Å². The first-order valence-corrected chi connectivity index (χ1v) is 12.5. The molecule has 2 N–H and O–H groups in total. The van der Waals surface area contributed by atoms with E-state index in [1.165, 1.54) is 135 Å². The van der Waals surface area contributed by atoms with Crippen LogP contribution < -0.4 is 5.73 Å². The van der Waals surface area contributed by atoms with Crippen LogP contribution in [0.1, 0.15) is 149 Å². The largest absolute Gasteiger partial charge is 0.330 e. The Morgan fingerprint density at radius 1 is 0.385 bits per heavy atom. The summed E-state index contributed by atoms with van der Waals surface area (Å²) in [5.41, 5.74) is 5.52. The third-order valence-corrected chi connectivity index (χ3v) is 5.74. The van der Waals surface area contributed by atoms with Crippen LogP contribution in [0.5, 0.6) is 0 Å². The van der Waals surface area contributed by atoms with Gasteiger partial charge in [-0.3, -0.25) is 0 Å². The number of rotatable bonds is 22. The molecule has 0 saturated heterocycles. The van der Waals surface area contributed by atoms with Gasteiger partial charge >= 0.3 is 0 Å². The summed E-state index contributed by atoms with van der Waals surface area (Å²) in [6.45, 7) is 5.55. The van der Waals surface area contributed by atoms with E-state index in [0.717, 1.165) is 12.5 Å². The first kappa shape index (κ1) is 26.0. The maximum absolute atomic E-state index is 5.52. The number of hydrogen-bond acceptors (Lipinski definition) is 1. The molecule has 26 heavy (non-hydrogen) atoms. The molecule has 0 atom stereocenters. The second-order valence-electron chi connectivity index (χ2n) is 9.04. The SMILES string of the molecule is CC(C)CCCCCCCCCCCCCCCCCCCCCCN. The molecular formula is C25H53N. The molecule has 0 rings (SSSR count). The fraction of sp³-hybridized carbons (Fsp3) is 1.00. The summed E-state index contributed by atoms with van der Waals surface area (Å²) < 4.78 is 0. The van der Waals surface area contributed by atoms with Crippen molar-refractivity contribution < 1.29 is 0 Å². The standard InChI is InChI=1S/C25H53N/c1-25(2)23-21-19-17-15-13-11-9-7-5-3-4-6-8-10-12-14-16-18-20-22-24-26/h25H,3-24,26H2,1-2H3. The second-order valence-corrected chi connectivity index (χ2v) is 9.04. The first-order chi connectivity index (χ1) is 12.8. The average Bonchev–Trinajstić information content (AvgIpc) is 2.62. The van der Waals surface area contributed by atoms with Crippen LogP contribution in [0.15, 0.2) is 0 Å². The van der Waals surface area contributed by atoms with E-state index >= 15 is 0 Å². The lowest BCUT2D eigenvalue weighted by molar-refractivity contribution is 0.501. The molecule has 0 amide bonds. The third kappa shape index (κ3) is 24.0. The summed E-state index contributed by atoms with van der Waals surface area (Å²) in [5, 5.41) is 0. The maximum atomic E-state index is 5.52. The minimum absolute atomic E-state index is 0.874. The van der Waals surface area contributed by atoms with Crippen molar-refractivity contribution in [3.63, 3.8) is 0 Å². The van der Waals surface area contributed by atoms with Crippen LogP contribution in [-0.4, -0.2) is 6.54 Å². The van der Waals surface area contributed by atoms with Crippen molar-refractivity contribution in [3.05, 3.63) is 0 Å². The molecule has 0 heterocycles. The smallest absolute Gasteiger partial charge is 0.00773 e. The highest BCUT2D eigenvalue weighted by atomic mass is 14.5. The van der Waals surface area contributed by atoms with Crippen LogP contribution in [0.25, 0.3) is 0 Å². The number of unbranched alkanes of at least 4 members (excludes halogenated alkanes) is 19. The first-order valence-electron chi connectivity index (χ1n) is 12.5. The van der Waals surface area contributed by atoms with Crippen LogP contribution in [0.4, 0.5) is 0 Å². The molecular weight excluding hydrogens is 314 g/mol. The minimum atomic E-state index is 0.874. The molecule has 0 saturated carbocycles. The van der Waals surface area contributed by atoms with E-state index < -0.39 is 0 Å². The van der Waals surface area contributed by atoms with E-state index in [4.69, 9.17) is 5.73 Å². The number of nitrogens with two attached hydrogens (primary N) is 1. The lowest BCUT2D eigenvalue weighted by Gasteiger charge is -2.05. The molecule has 1 heteroatoms. The lowest BCUT2D eigenvalue weighted by atomic mass is 10.0. The van der Waals surface area contributed by atoms with E-state index in [2.05, 4.69) is 13.8 Å². The topological polar surface area (TPSA) is 26.0 Å². The Bertz CT molecular complexity index is 236. The summed E-state index contributed by atoms with van der Waals surface area (Å²) in [7, 11) is 0. The van der Waals surface area contributed by atoms with Crippen LogP contribution in [0.3, 0.4) is 0 Å². The lowest BCUT2D eigenvalue weighted by Crippen LogP contribution is -1.97. The normalized spacial score (nSPS) is 11.5. The fourth-order valence-corrected chi connectivity index (χ4v) is 3.88. The summed E-state index contributed by atoms with van der Waals surface area (Å²) in [5.74, 6) is 0.895. The van der Waals surface area contributed by atoms with Gasteiger partial charge in [0, 0.05) is 0 Å². The predicted octanol–water partition coefficient (Wildman–Crippen LogP) is 8.79. The quantitative estimate of drug-likeness (QED) is 0.190. The molecule has 0 spiro atoms. The number of hydrogen-bond donors (Lipinski definition) is 1. The molecule has 0 aromatic heterocycles. The summed E-state index contributed by atoms with van der Waals surface area (Å²) in [6, 6.07) is 0. The van der Waals surface area contributed by atoms with Crippen molar-refractivity contribution in [2.75, 3.05) is 6.54 Å². The Morgan fingerprint density at radius 2 is 0.615 bits per heavy atom. The molecule has 1 nitrogen and oxygen atoms in total. The van der Waals surface area contributed by atoms with Crippen molar-refractivity contribution in [3.8, 4) is 0 Å². The molecule has 0 aromatic carbocycles. The van der Waals surface area contributed by atoms with Crippen LogP contribution in [0.2, 0.25) is 0 Å². The van der Waals surface area contributed by atoms with Gasteiger partial charge in [0.15, 0.2) is 0 Å². The summed E-state index contributed by atoms with van der Waals surface area (Å²) >= 11 is 0. The van der Waals surface area contributed by atoms with E-state index in [1.807, 2.05) is 0 Å². The summed E-state index contributed by atoms with van der Waals surface area (Å²) in [4.78, 5) is 0. The Hall–Kier alpha value is -0.0400. The van der Waals surface area contributed by atoms with Gasteiger partial charge in [0.05, 0.1) is 0 Å².